The van der Waals surface area contributed by atoms with Crippen LogP contribution in [0.2, 0.25) is 0 Å². The number of hydrogen-bond donors (Lipinski definition) is 3. The van der Waals surface area contributed by atoms with Gasteiger partial charge in [0.25, 0.3) is 5.91 Å². The summed E-state index contributed by atoms with van der Waals surface area (Å²) in [4.78, 5) is 24.9. The van der Waals surface area contributed by atoms with Gasteiger partial charge in [0.2, 0.25) is 5.91 Å². The second-order valence-electron chi connectivity index (χ2n) is 5.41. The van der Waals surface area contributed by atoms with Crippen molar-refractivity contribution in [3.05, 3.63) is 23.8 Å². The third kappa shape index (κ3) is 4.11. The zero-order chi connectivity index (χ0) is 15.4. The van der Waals surface area contributed by atoms with Gasteiger partial charge in [0, 0.05) is 38.2 Å². The third-order valence-electron chi connectivity index (χ3n) is 3.69. The summed E-state index contributed by atoms with van der Waals surface area (Å²) in [6.07, 6.45) is 1.66. The number of piperidine rings is 1. The fourth-order valence-electron chi connectivity index (χ4n) is 2.53. The van der Waals surface area contributed by atoms with Crippen molar-refractivity contribution in [3.63, 3.8) is 0 Å². The van der Waals surface area contributed by atoms with Crippen LogP contribution in [0.1, 0.15) is 30.1 Å². The van der Waals surface area contributed by atoms with E-state index in [0.29, 0.717) is 25.6 Å². The molecule has 1 aliphatic heterocycles. The summed E-state index contributed by atoms with van der Waals surface area (Å²) in [5, 5.41) is 21.7. The number of amides is 2. The quantitative estimate of drug-likeness (QED) is 0.778. The molecular formula is C15H20N2O4. The van der Waals surface area contributed by atoms with Gasteiger partial charge in [0.1, 0.15) is 11.5 Å². The number of benzene rings is 1. The Balaban J connectivity index is 1.92. The summed E-state index contributed by atoms with van der Waals surface area (Å²) in [5.41, 5.74) is 0.285. The normalized spacial score (nSPS) is 15.8. The van der Waals surface area contributed by atoms with Gasteiger partial charge in [-0.05, 0) is 30.9 Å². The summed E-state index contributed by atoms with van der Waals surface area (Å²) in [5.74, 6) is -0.101. The van der Waals surface area contributed by atoms with Gasteiger partial charge in [-0.15, -0.1) is 0 Å². The molecule has 0 atom stereocenters. The third-order valence-corrected chi connectivity index (χ3v) is 3.69. The van der Waals surface area contributed by atoms with Gasteiger partial charge in [-0.25, -0.2) is 0 Å². The van der Waals surface area contributed by atoms with Crippen LogP contribution in [-0.2, 0) is 4.79 Å². The Morgan fingerprint density at radius 1 is 1.19 bits per heavy atom. The maximum Gasteiger partial charge on any atom is 0.254 e. The van der Waals surface area contributed by atoms with Crippen LogP contribution in [0.25, 0.3) is 0 Å². The molecule has 0 radical (unpaired) electrons. The topological polar surface area (TPSA) is 89.9 Å². The second-order valence-corrected chi connectivity index (χ2v) is 5.41. The van der Waals surface area contributed by atoms with E-state index in [0.717, 1.165) is 12.8 Å². The molecule has 2 rings (SSSR count). The average Bonchev–Trinajstić information content (AvgIpc) is 2.44. The van der Waals surface area contributed by atoms with Gasteiger partial charge in [0.15, 0.2) is 0 Å². The van der Waals surface area contributed by atoms with Crippen molar-refractivity contribution in [2.24, 2.45) is 5.92 Å². The lowest BCUT2D eigenvalue weighted by Gasteiger charge is -2.32. The Morgan fingerprint density at radius 2 is 1.76 bits per heavy atom. The Morgan fingerprint density at radius 3 is 2.29 bits per heavy atom. The van der Waals surface area contributed by atoms with Crippen LogP contribution in [0.3, 0.4) is 0 Å². The number of phenolic OH excluding ortho intramolecular Hbond substituents is 2. The van der Waals surface area contributed by atoms with E-state index in [-0.39, 0.29) is 28.9 Å². The van der Waals surface area contributed by atoms with E-state index in [1.54, 1.807) is 4.90 Å². The Bertz CT molecular complexity index is 516. The minimum atomic E-state index is -0.195. The predicted molar refractivity (Wildman–Crippen MR) is 77.1 cm³/mol. The Labute approximate surface area is 123 Å². The number of carbonyl (C=O) groups excluding carboxylic acids is 2. The first kappa shape index (κ1) is 15.2. The van der Waals surface area contributed by atoms with E-state index in [4.69, 9.17) is 0 Å². The highest BCUT2D eigenvalue weighted by Gasteiger charge is 2.24. The maximum atomic E-state index is 12.3. The number of hydrogen-bond acceptors (Lipinski definition) is 4. The van der Waals surface area contributed by atoms with Crippen molar-refractivity contribution < 1.29 is 19.8 Å². The standard InChI is InChI=1S/C15H20N2O4/c1-10(18)16-9-11-2-4-17(5-3-11)15(21)12-6-13(19)8-14(20)7-12/h6-8,11,19-20H,2-5,9H2,1H3,(H,16,18). The zero-order valence-corrected chi connectivity index (χ0v) is 12.0. The van der Waals surface area contributed by atoms with E-state index in [1.165, 1.54) is 25.1 Å². The molecule has 0 bridgehead atoms. The number of rotatable bonds is 3. The zero-order valence-electron chi connectivity index (χ0n) is 12.0. The van der Waals surface area contributed by atoms with Gasteiger partial charge in [0.05, 0.1) is 0 Å². The number of aromatic hydroxyl groups is 2. The highest BCUT2D eigenvalue weighted by atomic mass is 16.3. The number of nitrogens with zero attached hydrogens (tertiary/aromatic N) is 1. The smallest absolute Gasteiger partial charge is 0.254 e. The van der Waals surface area contributed by atoms with E-state index in [2.05, 4.69) is 5.32 Å². The van der Waals surface area contributed by atoms with Crippen LogP contribution in [0.5, 0.6) is 11.5 Å². The molecular weight excluding hydrogens is 272 g/mol. The van der Waals surface area contributed by atoms with E-state index < -0.39 is 0 Å². The highest BCUT2D eigenvalue weighted by molar-refractivity contribution is 5.95. The van der Waals surface area contributed by atoms with E-state index in [1.807, 2.05) is 0 Å². The minimum Gasteiger partial charge on any atom is -0.508 e. The number of likely N-dealkylation sites (tertiary alicyclic amines) is 1. The fourth-order valence-corrected chi connectivity index (χ4v) is 2.53. The predicted octanol–water partition coefficient (Wildman–Crippen LogP) is 1.09. The van der Waals surface area contributed by atoms with Crippen molar-refractivity contribution in [1.29, 1.82) is 0 Å². The van der Waals surface area contributed by atoms with Crippen LogP contribution in [0.15, 0.2) is 18.2 Å². The van der Waals surface area contributed by atoms with Crippen molar-refractivity contribution in [2.45, 2.75) is 19.8 Å². The molecule has 0 unspecified atom stereocenters. The Kier molecular flexibility index (Phi) is 4.67. The molecule has 1 saturated heterocycles. The number of nitrogens with one attached hydrogen (secondary N) is 1. The van der Waals surface area contributed by atoms with E-state index in [9.17, 15) is 19.8 Å². The first-order chi connectivity index (χ1) is 9.95. The lowest BCUT2D eigenvalue weighted by molar-refractivity contribution is -0.119. The summed E-state index contributed by atoms with van der Waals surface area (Å²) < 4.78 is 0. The summed E-state index contributed by atoms with van der Waals surface area (Å²) >= 11 is 0. The van der Waals surface area contributed by atoms with Crippen molar-refractivity contribution in [1.82, 2.24) is 10.2 Å². The molecule has 1 fully saturated rings. The van der Waals surface area contributed by atoms with Crippen molar-refractivity contribution >= 4 is 11.8 Å². The first-order valence-electron chi connectivity index (χ1n) is 7.02. The van der Waals surface area contributed by atoms with Gasteiger partial charge in [-0.3, -0.25) is 9.59 Å². The van der Waals surface area contributed by atoms with Crippen molar-refractivity contribution in [2.75, 3.05) is 19.6 Å². The molecule has 6 heteroatoms. The lowest BCUT2D eigenvalue weighted by Crippen LogP contribution is -2.41. The molecule has 3 N–H and O–H groups in total. The largest absolute Gasteiger partial charge is 0.508 e. The molecule has 114 valence electrons. The van der Waals surface area contributed by atoms with Crippen LogP contribution in [-0.4, -0.2) is 46.6 Å². The summed E-state index contributed by atoms with van der Waals surface area (Å²) in [6, 6.07) is 3.90. The van der Waals surface area contributed by atoms with Gasteiger partial charge >= 0.3 is 0 Å². The summed E-state index contributed by atoms with van der Waals surface area (Å²) in [7, 11) is 0. The molecule has 2 amide bonds. The number of phenols is 2. The van der Waals surface area contributed by atoms with Gasteiger partial charge in [-0.1, -0.05) is 0 Å². The fraction of sp³-hybridized carbons (Fsp3) is 0.467. The van der Waals surface area contributed by atoms with Gasteiger partial charge in [-0.2, -0.15) is 0 Å². The van der Waals surface area contributed by atoms with Crippen LogP contribution in [0, 0.1) is 5.92 Å². The van der Waals surface area contributed by atoms with Crippen molar-refractivity contribution in [3.8, 4) is 11.5 Å². The molecule has 1 aliphatic rings. The van der Waals surface area contributed by atoms with E-state index >= 15 is 0 Å². The molecule has 0 aliphatic carbocycles. The first-order valence-corrected chi connectivity index (χ1v) is 7.02. The molecule has 21 heavy (non-hydrogen) atoms. The molecule has 1 heterocycles. The second kappa shape index (κ2) is 6.47. The van der Waals surface area contributed by atoms with Crippen LogP contribution < -0.4 is 5.32 Å². The SMILES string of the molecule is CC(=O)NCC1CCN(C(=O)c2cc(O)cc(O)c2)CC1. The molecule has 0 aromatic heterocycles. The lowest BCUT2D eigenvalue weighted by atomic mass is 9.96. The molecule has 1 aromatic rings. The number of carbonyl (C=O) groups is 2. The molecule has 1 aromatic carbocycles. The monoisotopic (exact) mass is 292 g/mol. The molecule has 0 saturated carbocycles. The maximum absolute atomic E-state index is 12.3. The highest BCUT2D eigenvalue weighted by Crippen LogP contribution is 2.23. The molecule has 0 spiro atoms. The Hall–Kier alpha value is -2.24. The van der Waals surface area contributed by atoms with Crippen LogP contribution >= 0.6 is 0 Å². The minimum absolute atomic E-state index is 0.0382. The van der Waals surface area contributed by atoms with Crippen LogP contribution in [0.4, 0.5) is 0 Å². The molecule has 6 nitrogen and oxygen atoms in total. The van der Waals surface area contributed by atoms with Gasteiger partial charge < -0.3 is 20.4 Å². The average molecular weight is 292 g/mol. The summed E-state index contributed by atoms with van der Waals surface area (Å²) in [6.45, 7) is 3.36.